The molecule has 3 heterocycles. The minimum absolute atomic E-state index is 0.271. The maximum atomic E-state index is 13.0. The SMILES string of the molecule is COc1cccc(C(NC(=O)c2csc(-c3cnn(C)c3)n2)c2nccn2C)c1. The van der Waals surface area contributed by atoms with Crippen molar-refractivity contribution in [2.45, 2.75) is 6.04 Å². The van der Waals surface area contributed by atoms with Crippen molar-refractivity contribution >= 4 is 17.2 Å². The first-order valence-electron chi connectivity index (χ1n) is 8.91. The van der Waals surface area contributed by atoms with Crippen LogP contribution in [0.1, 0.15) is 27.9 Å². The van der Waals surface area contributed by atoms with Crippen LogP contribution in [0.3, 0.4) is 0 Å². The first-order chi connectivity index (χ1) is 14.0. The summed E-state index contributed by atoms with van der Waals surface area (Å²) in [5, 5.41) is 9.71. The number of methoxy groups -OCH3 is 1. The van der Waals surface area contributed by atoms with Crippen LogP contribution in [0.5, 0.6) is 5.75 Å². The minimum Gasteiger partial charge on any atom is -0.497 e. The van der Waals surface area contributed by atoms with Gasteiger partial charge in [0.05, 0.1) is 13.3 Å². The highest BCUT2D eigenvalue weighted by atomic mass is 32.1. The van der Waals surface area contributed by atoms with Gasteiger partial charge in [0.25, 0.3) is 5.91 Å². The number of rotatable bonds is 6. The molecule has 0 aliphatic carbocycles. The molecular weight excluding hydrogens is 388 g/mol. The van der Waals surface area contributed by atoms with Crippen LogP contribution in [0.25, 0.3) is 10.6 Å². The van der Waals surface area contributed by atoms with E-state index >= 15 is 0 Å². The number of thiazole rings is 1. The molecule has 1 N–H and O–H groups in total. The second kappa shape index (κ2) is 7.88. The zero-order valence-electron chi connectivity index (χ0n) is 16.2. The predicted octanol–water partition coefficient (Wildman–Crippen LogP) is 2.81. The van der Waals surface area contributed by atoms with Crippen LogP contribution in [0.4, 0.5) is 0 Å². The molecule has 1 atom stereocenters. The van der Waals surface area contributed by atoms with Crippen molar-refractivity contribution in [3.8, 4) is 16.3 Å². The van der Waals surface area contributed by atoms with E-state index in [1.165, 1.54) is 11.3 Å². The number of carbonyl (C=O) groups is 1. The number of aryl methyl sites for hydroxylation is 2. The number of nitrogens with one attached hydrogen (secondary N) is 1. The van der Waals surface area contributed by atoms with Gasteiger partial charge in [-0.3, -0.25) is 9.48 Å². The lowest BCUT2D eigenvalue weighted by molar-refractivity contribution is 0.0937. The molecule has 8 nitrogen and oxygen atoms in total. The highest BCUT2D eigenvalue weighted by molar-refractivity contribution is 7.13. The number of amides is 1. The largest absolute Gasteiger partial charge is 0.497 e. The Morgan fingerprint density at radius 3 is 2.86 bits per heavy atom. The van der Waals surface area contributed by atoms with Gasteiger partial charge in [-0.2, -0.15) is 5.10 Å². The number of hydrogen-bond donors (Lipinski definition) is 1. The number of ether oxygens (including phenoxy) is 1. The molecule has 0 saturated heterocycles. The quantitative estimate of drug-likeness (QED) is 0.530. The lowest BCUT2D eigenvalue weighted by atomic mass is 10.1. The molecule has 4 aromatic rings. The smallest absolute Gasteiger partial charge is 0.271 e. The van der Waals surface area contributed by atoms with Gasteiger partial charge in [0.2, 0.25) is 0 Å². The highest BCUT2D eigenvalue weighted by Crippen LogP contribution is 2.26. The maximum Gasteiger partial charge on any atom is 0.271 e. The summed E-state index contributed by atoms with van der Waals surface area (Å²) in [4.78, 5) is 21.9. The van der Waals surface area contributed by atoms with E-state index < -0.39 is 6.04 Å². The summed E-state index contributed by atoms with van der Waals surface area (Å²) in [6, 6.07) is 7.13. The maximum absolute atomic E-state index is 13.0. The summed E-state index contributed by atoms with van der Waals surface area (Å²) in [7, 11) is 5.35. The Bertz CT molecular complexity index is 1150. The average molecular weight is 408 g/mol. The van der Waals surface area contributed by atoms with Crippen molar-refractivity contribution in [2.24, 2.45) is 14.1 Å². The molecule has 0 aliphatic rings. The van der Waals surface area contributed by atoms with Crippen molar-refractivity contribution in [2.75, 3.05) is 7.11 Å². The second-order valence-corrected chi connectivity index (χ2v) is 7.38. The van der Waals surface area contributed by atoms with Gasteiger partial charge in [0, 0.05) is 43.6 Å². The molecule has 148 valence electrons. The molecule has 4 rings (SSSR count). The van der Waals surface area contributed by atoms with Crippen LogP contribution < -0.4 is 10.1 Å². The Labute approximate surface area is 171 Å². The third-order valence-corrected chi connectivity index (χ3v) is 5.40. The van der Waals surface area contributed by atoms with Gasteiger partial charge in [0.1, 0.15) is 28.3 Å². The van der Waals surface area contributed by atoms with Crippen LogP contribution in [0.15, 0.2) is 54.4 Å². The minimum atomic E-state index is -0.443. The summed E-state index contributed by atoms with van der Waals surface area (Å²) < 4.78 is 8.92. The summed E-state index contributed by atoms with van der Waals surface area (Å²) in [6.07, 6.45) is 7.15. The Morgan fingerprint density at radius 1 is 1.31 bits per heavy atom. The monoisotopic (exact) mass is 408 g/mol. The van der Waals surface area contributed by atoms with Gasteiger partial charge in [-0.25, -0.2) is 9.97 Å². The van der Waals surface area contributed by atoms with Gasteiger partial charge in [-0.05, 0) is 17.7 Å². The number of nitrogens with zero attached hydrogens (tertiary/aromatic N) is 5. The molecule has 1 aromatic carbocycles. The fraction of sp³-hybridized carbons (Fsp3) is 0.200. The van der Waals surface area contributed by atoms with Crippen molar-refractivity contribution in [1.82, 2.24) is 29.6 Å². The Kier molecular flexibility index (Phi) is 5.13. The van der Waals surface area contributed by atoms with Crippen LogP contribution in [0.2, 0.25) is 0 Å². The van der Waals surface area contributed by atoms with Gasteiger partial charge in [-0.1, -0.05) is 12.1 Å². The number of imidazole rings is 1. The Balaban J connectivity index is 1.63. The number of carbonyl (C=O) groups excluding carboxylic acids is 1. The van der Waals surface area contributed by atoms with Crippen LogP contribution >= 0.6 is 11.3 Å². The van der Waals surface area contributed by atoms with Crippen molar-refractivity contribution < 1.29 is 9.53 Å². The number of aromatic nitrogens is 5. The fourth-order valence-corrected chi connectivity index (χ4v) is 3.80. The molecule has 0 aliphatic heterocycles. The highest BCUT2D eigenvalue weighted by Gasteiger charge is 2.23. The van der Waals surface area contributed by atoms with Gasteiger partial charge in [0.15, 0.2) is 0 Å². The molecule has 29 heavy (non-hydrogen) atoms. The number of hydrogen-bond acceptors (Lipinski definition) is 6. The average Bonchev–Trinajstić information content (AvgIpc) is 3.47. The third-order valence-electron chi connectivity index (χ3n) is 4.51. The molecule has 3 aromatic heterocycles. The number of benzene rings is 1. The molecular formula is C20H20N6O2S. The molecule has 0 fully saturated rings. The van der Waals surface area contributed by atoms with E-state index in [0.29, 0.717) is 17.3 Å². The van der Waals surface area contributed by atoms with Gasteiger partial charge in [-0.15, -0.1) is 11.3 Å². The third kappa shape index (κ3) is 3.90. The van der Waals surface area contributed by atoms with E-state index in [4.69, 9.17) is 4.74 Å². The topological polar surface area (TPSA) is 86.9 Å². The molecule has 0 saturated carbocycles. The van der Waals surface area contributed by atoms with E-state index in [9.17, 15) is 4.79 Å². The van der Waals surface area contributed by atoms with E-state index in [1.54, 1.807) is 29.6 Å². The molecule has 0 radical (unpaired) electrons. The van der Waals surface area contributed by atoms with Crippen LogP contribution in [-0.2, 0) is 14.1 Å². The zero-order chi connectivity index (χ0) is 20.4. The van der Waals surface area contributed by atoms with Crippen LogP contribution in [-0.4, -0.2) is 37.3 Å². The summed E-state index contributed by atoms with van der Waals surface area (Å²) in [6.45, 7) is 0. The van der Waals surface area contributed by atoms with Gasteiger partial charge < -0.3 is 14.6 Å². The zero-order valence-corrected chi connectivity index (χ0v) is 17.1. The molecule has 9 heteroatoms. The van der Waals surface area contributed by atoms with Crippen molar-refractivity contribution in [1.29, 1.82) is 0 Å². The lowest BCUT2D eigenvalue weighted by Gasteiger charge is -2.19. The predicted molar refractivity (Wildman–Crippen MR) is 110 cm³/mol. The lowest BCUT2D eigenvalue weighted by Crippen LogP contribution is -2.31. The Hall–Kier alpha value is -3.46. The molecule has 1 unspecified atom stereocenters. The second-order valence-electron chi connectivity index (χ2n) is 6.52. The van der Waals surface area contributed by atoms with E-state index in [-0.39, 0.29) is 5.91 Å². The van der Waals surface area contributed by atoms with Crippen molar-refractivity contribution in [3.05, 3.63) is 71.5 Å². The summed E-state index contributed by atoms with van der Waals surface area (Å²) in [5.41, 5.74) is 2.11. The van der Waals surface area contributed by atoms with E-state index in [2.05, 4.69) is 20.4 Å². The standard InChI is InChI=1S/C20H20N6O2S/c1-25-8-7-21-18(25)17(13-5-4-6-15(9-13)28-3)24-19(27)16-12-29-20(23-16)14-10-22-26(2)11-14/h4-12,17H,1-3H3,(H,24,27). The molecule has 0 bridgehead atoms. The van der Waals surface area contributed by atoms with E-state index in [0.717, 1.165) is 16.1 Å². The first kappa shape index (κ1) is 18.9. The van der Waals surface area contributed by atoms with Crippen LogP contribution in [0, 0.1) is 0 Å². The molecule has 0 spiro atoms. The summed E-state index contributed by atoms with van der Waals surface area (Å²) in [5.74, 6) is 1.16. The summed E-state index contributed by atoms with van der Waals surface area (Å²) >= 11 is 1.41. The van der Waals surface area contributed by atoms with Gasteiger partial charge >= 0.3 is 0 Å². The normalized spacial score (nSPS) is 12.0. The van der Waals surface area contributed by atoms with Crippen molar-refractivity contribution in [3.63, 3.8) is 0 Å². The first-order valence-corrected chi connectivity index (χ1v) is 9.79. The van der Waals surface area contributed by atoms with E-state index in [1.807, 2.05) is 55.3 Å². The fourth-order valence-electron chi connectivity index (χ4n) is 3.02. The Morgan fingerprint density at radius 2 is 2.17 bits per heavy atom. The molecule has 1 amide bonds.